The first kappa shape index (κ1) is 20.1. The minimum Gasteiger partial charge on any atom is -0.442 e. The lowest BCUT2D eigenvalue weighted by atomic mass is 10.00. The molecule has 0 bridgehead atoms. The maximum absolute atomic E-state index is 13.0. The SMILES string of the molecule is CCN(CC)C(CC(Cl)OC(=O)c1ccccc1)C(=O)c1ccccc1. The molecule has 138 valence electrons. The van der Waals surface area contributed by atoms with Crippen molar-refractivity contribution in [1.29, 1.82) is 0 Å². The van der Waals surface area contributed by atoms with Crippen molar-refractivity contribution in [2.75, 3.05) is 13.1 Å². The molecule has 0 fully saturated rings. The number of halogens is 1. The van der Waals surface area contributed by atoms with Crippen molar-refractivity contribution in [1.82, 2.24) is 4.90 Å². The fourth-order valence-corrected chi connectivity index (χ4v) is 3.11. The molecule has 0 spiro atoms. The van der Waals surface area contributed by atoms with E-state index in [0.717, 1.165) is 0 Å². The summed E-state index contributed by atoms with van der Waals surface area (Å²) in [7, 11) is 0. The summed E-state index contributed by atoms with van der Waals surface area (Å²) in [6.45, 7) is 5.40. The van der Waals surface area contributed by atoms with Gasteiger partial charge in [-0.05, 0) is 25.2 Å². The lowest BCUT2D eigenvalue weighted by Crippen LogP contribution is -2.43. The number of carbonyl (C=O) groups excluding carboxylic acids is 2. The molecule has 0 radical (unpaired) electrons. The predicted molar refractivity (Wildman–Crippen MR) is 104 cm³/mol. The molecule has 0 saturated heterocycles. The van der Waals surface area contributed by atoms with Crippen LogP contribution in [0.3, 0.4) is 0 Å². The third kappa shape index (κ3) is 5.41. The molecule has 0 N–H and O–H groups in total. The molecular weight excluding hydrogens is 350 g/mol. The van der Waals surface area contributed by atoms with E-state index in [9.17, 15) is 9.59 Å². The van der Waals surface area contributed by atoms with E-state index in [-0.39, 0.29) is 12.2 Å². The van der Waals surface area contributed by atoms with Gasteiger partial charge in [-0.15, -0.1) is 0 Å². The molecule has 0 aliphatic rings. The van der Waals surface area contributed by atoms with Crippen LogP contribution in [-0.2, 0) is 4.74 Å². The average Bonchev–Trinajstić information content (AvgIpc) is 2.68. The Morgan fingerprint density at radius 3 is 1.92 bits per heavy atom. The summed E-state index contributed by atoms with van der Waals surface area (Å²) in [6, 6.07) is 17.4. The highest BCUT2D eigenvalue weighted by Gasteiger charge is 2.29. The van der Waals surface area contributed by atoms with Gasteiger partial charge in [0.25, 0.3) is 0 Å². The fourth-order valence-electron chi connectivity index (χ4n) is 2.86. The zero-order valence-corrected chi connectivity index (χ0v) is 15.9. The zero-order valence-electron chi connectivity index (χ0n) is 15.1. The first-order valence-electron chi connectivity index (χ1n) is 8.80. The van der Waals surface area contributed by atoms with E-state index in [0.29, 0.717) is 24.2 Å². The number of rotatable bonds is 9. The molecule has 0 heterocycles. The highest BCUT2D eigenvalue weighted by molar-refractivity contribution is 6.20. The van der Waals surface area contributed by atoms with Crippen molar-refractivity contribution in [2.24, 2.45) is 0 Å². The zero-order chi connectivity index (χ0) is 18.9. The van der Waals surface area contributed by atoms with Gasteiger partial charge in [0.2, 0.25) is 0 Å². The fraction of sp³-hybridized carbons (Fsp3) is 0.333. The lowest BCUT2D eigenvalue weighted by molar-refractivity contribution is 0.0373. The van der Waals surface area contributed by atoms with Crippen LogP contribution in [0, 0.1) is 0 Å². The molecule has 2 rings (SSSR count). The predicted octanol–water partition coefficient (Wildman–Crippen LogP) is 4.39. The summed E-state index contributed by atoms with van der Waals surface area (Å²) in [4.78, 5) is 27.2. The summed E-state index contributed by atoms with van der Waals surface area (Å²) in [5, 5.41) is 0. The second-order valence-corrected chi connectivity index (χ2v) is 6.37. The van der Waals surface area contributed by atoms with Crippen LogP contribution in [0.5, 0.6) is 0 Å². The van der Waals surface area contributed by atoms with E-state index in [1.54, 1.807) is 36.4 Å². The normalized spacial score (nSPS) is 13.2. The van der Waals surface area contributed by atoms with Gasteiger partial charge in [0.15, 0.2) is 11.3 Å². The molecule has 4 nitrogen and oxygen atoms in total. The standard InChI is InChI=1S/C21H24ClNO3/c1-3-23(4-2)18(20(24)16-11-7-5-8-12-16)15-19(22)26-21(25)17-13-9-6-10-14-17/h5-14,18-19H,3-4,15H2,1-2H3. The number of benzene rings is 2. The largest absolute Gasteiger partial charge is 0.442 e. The Bertz CT molecular complexity index is 702. The van der Waals surface area contributed by atoms with Crippen molar-refractivity contribution < 1.29 is 14.3 Å². The number of ketones is 1. The van der Waals surface area contributed by atoms with Gasteiger partial charge >= 0.3 is 5.97 Å². The van der Waals surface area contributed by atoms with Crippen LogP contribution in [0.15, 0.2) is 60.7 Å². The maximum atomic E-state index is 13.0. The Labute approximate surface area is 159 Å². The molecule has 2 atom stereocenters. The number of esters is 1. The summed E-state index contributed by atoms with van der Waals surface area (Å²) in [5.74, 6) is -0.508. The van der Waals surface area contributed by atoms with Crippen LogP contribution in [0.25, 0.3) is 0 Å². The van der Waals surface area contributed by atoms with Crippen LogP contribution < -0.4 is 0 Å². The van der Waals surface area contributed by atoms with E-state index < -0.39 is 17.6 Å². The molecule has 2 unspecified atom stereocenters. The number of alkyl halides is 1. The number of carbonyl (C=O) groups is 2. The van der Waals surface area contributed by atoms with Gasteiger partial charge < -0.3 is 4.74 Å². The molecule has 0 saturated carbocycles. The summed E-state index contributed by atoms with van der Waals surface area (Å²) >= 11 is 6.29. The highest BCUT2D eigenvalue weighted by Crippen LogP contribution is 2.19. The molecule has 0 aliphatic heterocycles. The molecule has 2 aromatic carbocycles. The topological polar surface area (TPSA) is 46.6 Å². The smallest absolute Gasteiger partial charge is 0.339 e. The minimum absolute atomic E-state index is 0.0179. The van der Waals surface area contributed by atoms with Crippen molar-refractivity contribution in [2.45, 2.75) is 31.9 Å². The third-order valence-corrected chi connectivity index (χ3v) is 4.53. The van der Waals surface area contributed by atoms with E-state index in [4.69, 9.17) is 16.3 Å². The molecule has 2 aromatic rings. The van der Waals surface area contributed by atoms with Crippen molar-refractivity contribution in [3.05, 3.63) is 71.8 Å². The Balaban J connectivity index is 2.10. The quantitative estimate of drug-likeness (QED) is 0.371. The summed E-state index contributed by atoms with van der Waals surface area (Å²) < 4.78 is 5.34. The number of nitrogens with zero attached hydrogens (tertiary/aromatic N) is 1. The highest BCUT2D eigenvalue weighted by atomic mass is 35.5. The third-order valence-electron chi connectivity index (χ3n) is 4.27. The van der Waals surface area contributed by atoms with Crippen LogP contribution in [-0.4, -0.2) is 41.3 Å². The molecule has 0 aliphatic carbocycles. The Morgan fingerprint density at radius 1 is 0.923 bits per heavy atom. The van der Waals surface area contributed by atoms with E-state index in [2.05, 4.69) is 0 Å². The average molecular weight is 374 g/mol. The number of Topliss-reactive ketones (excluding diaryl/α,β-unsaturated/α-hetero) is 1. The van der Waals surface area contributed by atoms with Crippen molar-refractivity contribution in [3.63, 3.8) is 0 Å². The van der Waals surface area contributed by atoms with Crippen molar-refractivity contribution >= 4 is 23.4 Å². The van der Waals surface area contributed by atoms with E-state index in [1.165, 1.54) is 0 Å². The molecule has 5 heteroatoms. The first-order chi connectivity index (χ1) is 12.6. The molecule has 0 amide bonds. The monoisotopic (exact) mass is 373 g/mol. The molecular formula is C21H24ClNO3. The summed E-state index contributed by atoms with van der Waals surface area (Å²) in [5.41, 5.74) is 0.176. The second kappa shape index (κ2) is 10.1. The van der Waals surface area contributed by atoms with Gasteiger partial charge in [-0.3, -0.25) is 9.69 Å². The van der Waals surface area contributed by atoms with Gasteiger partial charge in [0.1, 0.15) is 0 Å². The number of ether oxygens (including phenoxy) is 1. The first-order valence-corrected chi connectivity index (χ1v) is 9.23. The van der Waals surface area contributed by atoms with Gasteiger partial charge in [0.05, 0.1) is 11.6 Å². The minimum atomic E-state index is -0.888. The Hall–Kier alpha value is -2.17. The number of hydrogen-bond donors (Lipinski definition) is 0. The van der Waals surface area contributed by atoms with Crippen LogP contribution in [0.1, 0.15) is 41.0 Å². The molecule has 26 heavy (non-hydrogen) atoms. The van der Waals surface area contributed by atoms with Crippen LogP contribution in [0.4, 0.5) is 0 Å². The second-order valence-electron chi connectivity index (χ2n) is 5.88. The van der Waals surface area contributed by atoms with Gasteiger partial charge in [-0.25, -0.2) is 4.79 Å². The lowest BCUT2D eigenvalue weighted by Gasteiger charge is -2.29. The molecule has 0 aromatic heterocycles. The Kier molecular flexibility index (Phi) is 7.82. The number of hydrogen-bond acceptors (Lipinski definition) is 4. The van der Waals surface area contributed by atoms with Gasteiger partial charge in [-0.1, -0.05) is 74.0 Å². The van der Waals surface area contributed by atoms with Crippen LogP contribution in [0.2, 0.25) is 0 Å². The number of likely N-dealkylation sites (N-methyl/N-ethyl adjacent to an activating group) is 1. The van der Waals surface area contributed by atoms with Gasteiger partial charge in [-0.2, -0.15) is 0 Å². The Morgan fingerprint density at radius 2 is 1.42 bits per heavy atom. The maximum Gasteiger partial charge on any atom is 0.339 e. The van der Waals surface area contributed by atoms with E-state index in [1.807, 2.05) is 43.0 Å². The van der Waals surface area contributed by atoms with Gasteiger partial charge in [0, 0.05) is 12.0 Å². The van der Waals surface area contributed by atoms with Crippen LogP contribution >= 0.6 is 11.6 Å². The summed E-state index contributed by atoms with van der Waals surface area (Å²) in [6.07, 6.45) is 0.232. The van der Waals surface area contributed by atoms with Crippen molar-refractivity contribution in [3.8, 4) is 0 Å². The van der Waals surface area contributed by atoms with E-state index >= 15 is 0 Å².